The third-order valence-electron chi connectivity index (χ3n) is 2.56. The summed E-state index contributed by atoms with van der Waals surface area (Å²) in [5.41, 5.74) is 0. The van der Waals surface area contributed by atoms with Gasteiger partial charge in [0, 0.05) is 6.54 Å². The maximum atomic E-state index is 9.77. The van der Waals surface area contributed by atoms with E-state index in [0.29, 0.717) is 18.0 Å². The second-order valence-corrected chi connectivity index (χ2v) is 3.97. The normalized spacial score (nSPS) is 12.5. The van der Waals surface area contributed by atoms with Crippen LogP contribution < -0.4 is 9.47 Å². The molecule has 0 bridgehead atoms. The Hall–Kier alpha value is -1.26. The summed E-state index contributed by atoms with van der Waals surface area (Å²) < 4.78 is 10.7. The van der Waals surface area contributed by atoms with Crippen LogP contribution in [0.5, 0.6) is 11.5 Å². The molecule has 0 radical (unpaired) electrons. The van der Waals surface area contributed by atoms with Crippen LogP contribution in [0.4, 0.5) is 0 Å². The summed E-state index contributed by atoms with van der Waals surface area (Å²) in [5.74, 6) is 1.34. The van der Waals surface area contributed by atoms with Crippen molar-refractivity contribution in [2.75, 3.05) is 33.9 Å². The zero-order valence-corrected chi connectivity index (χ0v) is 10.7. The van der Waals surface area contributed by atoms with Crippen molar-refractivity contribution in [2.45, 2.75) is 13.0 Å². The second kappa shape index (κ2) is 7.14. The number of hydrogen-bond acceptors (Lipinski definition) is 4. The number of benzene rings is 1. The highest BCUT2D eigenvalue weighted by atomic mass is 16.5. The van der Waals surface area contributed by atoms with Crippen LogP contribution in [0.2, 0.25) is 0 Å². The third kappa shape index (κ3) is 4.63. The highest BCUT2D eigenvalue weighted by molar-refractivity contribution is 5.39. The Morgan fingerprint density at radius 3 is 2.53 bits per heavy atom. The molecular weight excluding hydrogens is 218 g/mol. The van der Waals surface area contributed by atoms with E-state index in [1.54, 1.807) is 7.11 Å². The Labute approximate surface area is 103 Å². The van der Waals surface area contributed by atoms with Gasteiger partial charge >= 0.3 is 0 Å². The highest BCUT2D eigenvalue weighted by Gasteiger charge is 2.09. The lowest BCUT2D eigenvalue weighted by Crippen LogP contribution is -2.32. The minimum absolute atomic E-state index is 0.269. The molecule has 4 nitrogen and oxygen atoms in total. The Bertz CT molecular complexity index is 330. The standard InChI is InChI=1S/C13H21NO3/c1-4-14(2)9-11(15)10-17-13-8-6-5-7-12(13)16-3/h5-8,11,15H,4,9-10H2,1-3H3. The van der Waals surface area contributed by atoms with Crippen molar-refractivity contribution >= 4 is 0 Å². The van der Waals surface area contributed by atoms with Gasteiger partial charge in [-0.2, -0.15) is 0 Å². The molecule has 4 heteroatoms. The van der Waals surface area contributed by atoms with E-state index < -0.39 is 6.10 Å². The molecule has 0 aliphatic heterocycles. The van der Waals surface area contributed by atoms with Gasteiger partial charge in [-0.1, -0.05) is 19.1 Å². The first-order chi connectivity index (χ1) is 8.17. The summed E-state index contributed by atoms with van der Waals surface area (Å²) in [4.78, 5) is 2.04. The quantitative estimate of drug-likeness (QED) is 0.780. The Morgan fingerprint density at radius 1 is 1.29 bits per heavy atom. The van der Waals surface area contributed by atoms with E-state index >= 15 is 0 Å². The van der Waals surface area contributed by atoms with Gasteiger partial charge in [-0.3, -0.25) is 0 Å². The minimum atomic E-state index is -0.495. The van der Waals surface area contributed by atoms with Gasteiger partial charge in [-0.25, -0.2) is 0 Å². The van der Waals surface area contributed by atoms with Crippen molar-refractivity contribution in [1.29, 1.82) is 0 Å². The molecule has 1 unspecified atom stereocenters. The minimum Gasteiger partial charge on any atom is -0.493 e. The van der Waals surface area contributed by atoms with Gasteiger partial charge in [0.15, 0.2) is 11.5 Å². The molecule has 0 aliphatic rings. The molecule has 0 aliphatic carbocycles. The van der Waals surface area contributed by atoms with Crippen molar-refractivity contribution in [1.82, 2.24) is 4.90 Å². The maximum Gasteiger partial charge on any atom is 0.161 e. The zero-order valence-electron chi connectivity index (χ0n) is 10.7. The smallest absolute Gasteiger partial charge is 0.161 e. The summed E-state index contributed by atoms with van der Waals surface area (Å²) in [6.07, 6.45) is -0.495. The van der Waals surface area contributed by atoms with E-state index in [4.69, 9.17) is 9.47 Å². The first kappa shape index (κ1) is 13.8. The number of likely N-dealkylation sites (N-methyl/N-ethyl adjacent to an activating group) is 1. The Balaban J connectivity index is 2.44. The molecule has 1 aromatic carbocycles. The lowest BCUT2D eigenvalue weighted by Gasteiger charge is -2.19. The first-order valence-electron chi connectivity index (χ1n) is 5.79. The molecule has 0 saturated heterocycles. The number of aliphatic hydroxyl groups excluding tert-OH is 1. The zero-order chi connectivity index (χ0) is 12.7. The lowest BCUT2D eigenvalue weighted by molar-refractivity contribution is 0.0767. The number of para-hydroxylation sites is 2. The van der Waals surface area contributed by atoms with Crippen molar-refractivity contribution in [3.63, 3.8) is 0 Å². The van der Waals surface area contributed by atoms with Crippen LogP contribution in [-0.4, -0.2) is 50.0 Å². The van der Waals surface area contributed by atoms with Crippen LogP contribution in [0.3, 0.4) is 0 Å². The van der Waals surface area contributed by atoms with Gasteiger partial charge < -0.3 is 19.5 Å². The molecule has 1 aromatic rings. The molecule has 1 N–H and O–H groups in total. The molecule has 0 amide bonds. The molecule has 17 heavy (non-hydrogen) atoms. The summed E-state index contributed by atoms with van der Waals surface area (Å²) in [6.45, 7) is 3.83. The largest absolute Gasteiger partial charge is 0.493 e. The molecule has 96 valence electrons. The number of ether oxygens (including phenoxy) is 2. The number of hydrogen-bond donors (Lipinski definition) is 1. The SMILES string of the molecule is CCN(C)CC(O)COc1ccccc1OC. The number of methoxy groups -OCH3 is 1. The van der Waals surface area contributed by atoms with Gasteiger partial charge in [-0.05, 0) is 25.7 Å². The number of aliphatic hydroxyl groups is 1. The predicted molar refractivity (Wildman–Crippen MR) is 67.7 cm³/mol. The summed E-state index contributed by atoms with van der Waals surface area (Å²) >= 11 is 0. The van der Waals surface area contributed by atoms with E-state index in [2.05, 4.69) is 0 Å². The lowest BCUT2D eigenvalue weighted by atomic mass is 10.3. The second-order valence-electron chi connectivity index (χ2n) is 3.97. The van der Waals surface area contributed by atoms with Crippen molar-refractivity contribution in [3.05, 3.63) is 24.3 Å². The van der Waals surface area contributed by atoms with E-state index in [-0.39, 0.29) is 6.61 Å². The first-order valence-corrected chi connectivity index (χ1v) is 5.79. The fraction of sp³-hybridized carbons (Fsp3) is 0.538. The number of rotatable bonds is 7. The van der Waals surface area contributed by atoms with Gasteiger partial charge in [0.05, 0.1) is 7.11 Å². The Morgan fingerprint density at radius 2 is 1.94 bits per heavy atom. The van der Waals surface area contributed by atoms with Gasteiger partial charge in [0.2, 0.25) is 0 Å². The van der Waals surface area contributed by atoms with Crippen molar-refractivity contribution < 1.29 is 14.6 Å². The highest BCUT2D eigenvalue weighted by Crippen LogP contribution is 2.25. The third-order valence-corrected chi connectivity index (χ3v) is 2.56. The molecule has 0 heterocycles. The summed E-state index contributed by atoms with van der Waals surface area (Å²) in [5, 5.41) is 9.77. The molecule has 0 fully saturated rings. The summed E-state index contributed by atoms with van der Waals surface area (Å²) in [6, 6.07) is 7.42. The fourth-order valence-electron chi connectivity index (χ4n) is 1.47. The molecule has 1 atom stereocenters. The van der Waals surface area contributed by atoms with Crippen LogP contribution in [0.15, 0.2) is 24.3 Å². The summed E-state index contributed by atoms with van der Waals surface area (Å²) in [7, 11) is 3.57. The van der Waals surface area contributed by atoms with E-state index in [1.165, 1.54) is 0 Å². The van der Waals surface area contributed by atoms with E-state index in [0.717, 1.165) is 6.54 Å². The van der Waals surface area contributed by atoms with Crippen LogP contribution in [-0.2, 0) is 0 Å². The number of nitrogens with zero attached hydrogens (tertiary/aromatic N) is 1. The molecule has 1 rings (SSSR count). The van der Waals surface area contributed by atoms with Crippen molar-refractivity contribution in [3.8, 4) is 11.5 Å². The van der Waals surface area contributed by atoms with Crippen LogP contribution >= 0.6 is 0 Å². The van der Waals surface area contributed by atoms with Gasteiger partial charge in [0.25, 0.3) is 0 Å². The molecule has 0 saturated carbocycles. The monoisotopic (exact) mass is 239 g/mol. The van der Waals surface area contributed by atoms with Crippen LogP contribution in [0.1, 0.15) is 6.92 Å². The predicted octanol–water partition coefficient (Wildman–Crippen LogP) is 1.39. The molecule has 0 spiro atoms. The fourth-order valence-corrected chi connectivity index (χ4v) is 1.47. The van der Waals surface area contributed by atoms with Gasteiger partial charge in [0.1, 0.15) is 12.7 Å². The maximum absolute atomic E-state index is 9.77. The van der Waals surface area contributed by atoms with Crippen LogP contribution in [0.25, 0.3) is 0 Å². The van der Waals surface area contributed by atoms with E-state index in [9.17, 15) is 5.11 Å². The van der Waals surface area contributed by atoms with E-state index in [1.807, 2.05) is 43.1 Å². The Kier molecular flexibility index (Phi) is 5.80. The average molecular weight is 239 g/mol. The molecule has 0 aromatic heterocycles. The topological polar surface area (TPSA) is 41.9 Å². The average Bonchev–Trinajstić information content (AvgIpc) is 2.36. The molecular formula is C13H21NO3. The van der Waals surface area contributed by atoms with Gasteiger partial charge in [-0.15, -0.1) is 0 Å². The van der Waals surface area contributed by atoms with Crippen molar-refractivity contribution in [2.24, 2.45) is 0 Å². The van der Waals surface area contributed by atoms with Crippen LogP contribution in [0, 0.1) is 0 Å².